The summed E-state index contributed by atoms with van der Waals surface area (Å²) in [5, 5.41) is 59.5. The van der Waals surface area contributed by atoms with Crippen LogP contribution in [-0.2, 0) is 64.0 Å². The van der Waals surface area contributed by atoms with Gasteiger partial charge in [-0.15, -0.1) is 0 Å². The van der Waals surface area contributed by atoms with Gasteiger partial charge in [-0.1, -0.05) is 72.6 Å². The average Bonchev–Trinajstić information content (AvgIpc) is 2.10. The monoisotopic (exact) mass is 1230 g/mol. The van der Waals surface area contributed by atoms with E-state index in [1.165, 1.54) is 4.90 Å². The molecule has 1 aromatic heterocycles. The zero-order valence-electron chi connectivity index (χ0n) is 50.3. The number of nitrogens with two attached hydrogens (primary N) is 4. The van der Waals surface area contributed by atoms with Crippen molar-refractivity contribution in [1.29, 1.82) is 0 Å². The highest BCUT2D eigenvalue weighted by molar-refractivity contribution is 6.00. The third kappa shape index (κ3) is 22.7. The number of hydrogen-bond donors (Lipinski definition) is 17. The highest BCUT2D eigenvalue weighted by Crippen LogP contribution is 2.24. The molecule has 2 aromatic rings. The number of aliphatic imine (C=N–C) groups is 1. The van der Waals surface area contributed by atoms with Gasteiger partial charge in [0, 0.05) is 43.0 Å². The number of guanidine groups is 1. The van der Waals surface area contributed by atoms with E-state index in [2.05, 4.69) is 52.5 Å². The van der Waals surface area contributed by atoms with E-state index in [-0.39, 0.29) is 63.5 Å². The molecule has 1 aliphatic rings. The quantitative estimate of drug-likeness (QED) is 0.0176. The Morgan fingerprint density at radius 2 is 1.22 bits per heavy atom. The number of carboxylic acid groups (broad SMARTS) is 2. The van der Waals surface area contributed by atoms with Crippen molar-refractivity contribution in [3.8, 4) is 0 Å². The Morgan fingerprint density at radius 3 is 1.79 bits per heavy atom. The van der Waals surface area contributed by atoms with Gasteiger partial charge in [0.05, 0.1) is 19.1 Å². The Hall–Kier alpha value is -8.45. The second kappa shape index (κ2) is 35.2. The first kappa shape index (κ1) is 72.8. The summed E-state index contributed by atoms with van der Waals surface area (Å²) in [4.78, 5) is 171. The maximum Gasteiger partial charge on any atom is 0.328 e. The van der Waals surface area contributed by atoms with Crippen LogP contribution in [0.5, 0.6) is 0 Å². The predicted octanol–water partition coefficient (Wildman–Crippen LogP) is -3.70. The number of nitrogens with zero attached hydrogens (tertiary/aromatic N) is 2. The van der Waals surface area contributed by atoms with Crippen molar-refractivity contribution < 1.29 is 78.0 Å². The van der Waals surface area contributed by atoms with E-state index in [1.807, 2.05) is 0 Å². The van der Waals surface area contributed by atoms with E-state index in [4.69, 9.17) is 22.9 Å². The molecule has 1 aromatic carbocycles. The van der Waals surface area contributed by atoms with Crippen LogP contribution < -0.4 is 65.5 Å². The van der Waals surface area contributed by atoms with Crippen molar-refractivity contribution in [3.63, 3.8) is 0 Å². The molecule has 13 atom stereocenters. The Morgan fingerprint density at radius 1 is 0.678 bits per heavy atom. The topological polar surface area (TPSA) is 517 Å². The maximum atomic E-state index is 14.6. The minimum absolute atomic E-state index is 0.0396. The molecule has 2 heterocycles. The van der Waals surface area contributed by atoms with Gasteiger partial charge >= 0.3 is 11.9 Å². The van der Waals surface area contributed by atoms with Crippen molar-refractivity contribution >= 4 is 87.9 Å². The molecule has 1 aliphatic heterocycles. The SMILES string of the molecule is CC[C@H](C)[C@H](NC(=O)[C@H](CCCN=C(N)N)NC(=O)[C@H](CCC(=O)O)NC(=O)[C@H](CC(C)C)NC(=O)[C@H](CC(N)=O)NC(=O)[C@H](Cc1c[nH]c2ccccc12)NC(=O)[C@@H]1CCCN1C(=O)[C@@H](NC(=O)[C@@H](N)CO)[C@@H](C)CC)C(=O)N[C@H](C(=O)O)[C@@H](C)O. The Bertz CT molecular complexity index is 2770. The lowest BCUT2D eigenvalue weighted by molar-refractivity contribution is -0.145. The lowest BCUT2D eigenvalue weighted by Gasteiger charge is -2.32. The second-order valence-corrected chi connectivity index (χ2v) is 22.3. The summed E-state index contributed by atoms with van der Waals surface area (Å²) in [7, 11) is 0. The first-order valence-corrected chi connectivity index (χ1v) is 29.1. The number of likely N-dealkylation sites (tertiary alicyclic amines) is 1. The zero-order valence-corrected chi connectivity index (χ0v) is 50.3. The summed E-state index contributed by atoms with van der Waals surface area (Å²) >= 11 is 0. The fourth-order valence-electron chi connectivity index (χ4n) is 9.60. The summed E-state index contributed by atoms with van der Waals surface area (Å²) in [5.74, 6) is -14.1. The molecule has 0 bridgehead atoms. The van der Waals surface area contributed by atoms with Crippen molar-refractivity contribution in [1.82, 2.24) is 52.4 Å². The molecule has 0 aliphatic carbocycles. The smallest absolute Gasteiger partial charge is 0.328 e. The van der Waals surface area contributed by atoms with Crippen LogP contribution in [0, 0.1) is 17.8 Å². The molecule has 31 nitrogen and oxygen atoms in total. The molecule has 87 heavy (non-hydrogen) atoms. The van der Waals surface area contributed by atoms with Gasteiger partial charge in [0.15, 0.2) is 12.0 Å². The molecule has 21 N–H and O–H groups in total. The van der Waals surface area contributed by atoms with Crippen molar-refractivity contribution in [2.45, 2.75) is 186 Å². The number of hydrogen-bond acceptors (Lipinski definition) is 16. The van der Waals surface area contributed by atoms with Crippen LogP contribution >= 0.6 is 0 Å². The number of aromatic amines is 1. The molecule has 0 spiro atoms. The number of primary amides is 1. The third-order valence-corrected chi connectivity index (χ3v) is 15.0. The van der Waals surface area contributed by atoms with Gasteiger partial charge in [0.25, 0.3) is 0 Å². The molecule has 0 saturated carbocycles. The highest BCUT2D eigenvalue weighted by atomic mass is 16.4. The Kier molecular flexibility index (Phi) is 29.5. The first-order valence-electron chi connectivity index (χ1n) is 29.1. The maximum absolute atomic E-state index is 14.6. The fourth-order valence-corrected chi connectivity index (χ4v) is 9.60. The normalized spacial score (nSPS) is 17.2. The van der Waals surface area contributed by atoms with E-state index in [0.29, 0.717) is 29.3 Å². The minimum Gasteiger partial charge on any atom is -0.481 e. The number of aliphatic carboxylic acids is 2. The number of nitrogens with one attached hydrogen (secondary N) is 9. The molecular formula is C56H89N15O16. The van der Waals surface area contributed by atoms with E-state index < -0.39 is 175 Å². The Labute approximate surface area is 503 Å². The standard InChI is InChI=1S/C56H89N15O16/c1-8-28(5)43(53(84)70-45(30(7)73)55(86)87)68-48(79)35(16-12-20-61-56(59)60)63-47(78)36(18-19-42(75)76)64-49(80)37(22-27(3)4)65-51(82)39(24-41(58)74)66-50(81)38(23-31-25-62-34-15-11-10-14-32(31)34)67-52(83)40-17-13-21-71(40)54(85)44(29(6)9-2)69-46(77)33(57)26-72/h10-11,14-15,25,27-30,33,35-40,43-45,62,72-73H,8-9,12-13,16-24,26,57H2,1-7H3,(H2,58,74)(H,63,78)(H,64,80)(H,65,82)(H,66,81)(H,67,83)(H,68,79)(H,69,77)(H,70,84)(H,75,76)(H,86,87)(H4,59,60,61)/t28-,29-,30+,33-,35-,36-,37-,38-,39-,40-,43-,44-,45-/m0/s1. The number of amides is 10. The molecule has 10 amide bonds. The molecule has 1 fully saturated rings. The molecule has 0 unspecified atom stereocenters. The molecule has 484 valence electrons. The lowest BCUT2D eigenvalue weighted by Crippen LogP contribution is -2.61. The largest absolute Gasteiger partial charge is 0.481 e. The number of fused-ring (bicyclic) bond motifs is 1. The predicted molar refractivity (Wildman–Crippen MR) is 316 cm³/mol. The highest BCUT2D eigenvalue weighted by Gasteiger charge is 2.42. The number of rotatable bonds is 37. The van der Waals surface area contributed by atoms with Gasteiger partial charge < -0.3 is 95.8 Å². The molecular weight excluding hydrogens is 1140 g/mol. The van der Waals surface area contributed by atoms with E-state index in [1.54, 1.807) is 72.0 Å². The lowest BCUT2D eigenvalue weighted by atomic mass is 9.96. The van der Waals surface area contributed by atoms with Crippen molar-refractivity contribution in [3.05, 3.63) is 36.0 Å². The van der Waals surface area contributed by atoms with Gasteiger partial charge in [0.1, 0.15) is 54.4 Å². The zero-order chi connectivity index (χ0) is 65.4. The van der Waals surface area contributed by atoms with Crippen molar-refractivity contribution in [2.75, 3.05) is 19.7 Å². The second-order valence-electron chi connectivity index (χ2n) is 22.3. The van der Waals surface area contributed by atoms with Crippen LogP contribution in [0.3, 0.4) is 0 Å². The van der Waals surface area contributed by atoms with Gasteiger partial charge in [0.2, 0.25) is 59.1 Å². The number of aliphatic hydroxyl groups is 2. The average molecular weight is 1230 g/mol. The van der Waals surface area contributed by atoms with Crippen LogP contribution in [0.4, 0.5) is 0 Å². The number of carbonyl (C=O) groups is 12. The van der Waals surface area contributed by atoms with Crippen LogP contribution in [-0.4, -0.2) is 193 Å². The van der Waals surface area contributed by atoms with Crippen LogP contribution in [0.25, 0.3) is 10.9 Å². The number of H-pyrrole nitrogens is 1. The van der Waals surface area contributed by atoms with E-state index >= 15 is 0 Å². The molecule has 3 rings (SSSR count). The van der Waals surface area contributed by atoms with Gasteiger partial charge in [-0.3, -0.25) is 57.7 Å². The number of carbonyl (C=O) groups excluding carboxylic acids is 10. The summed E-state index contributed by atoms with van der Waals surface area (Å²) in [6, 6.07) is -7.87. The van der Waals surface area contributed by atoms with Crippen LogP contribution in [0.2, 0.25) is 0 Å². The summed E-state index contributed by atoms with van der Waals surface area (Å²) in [6.07, 6.45) is -1.35. The molecule has 0 radical (unpaired) electrons. The molecule has 31 heteroatoms. The number of carboxylic acids is 2. The first-order chi connectivity index (χ1) is 40.9. The minimum atomic E-state index is -1.82. The fraction of sp³-hybridized carbons (Fsp3) is 0.625. The van der Waals surface area contributed by atoms with E-state index in [9.17, 15) is 78.0 Å². The van der Waals surface area contributed by atoms with Gasteiger partial charge in [-0.2, -0.15) is 0 Å². The number of aromatic nitrogens is 1. The van der Waals surface area contributed by atoms with Crippen LogP contribution in [0.15, 0.2) is 35.5 Å². The Balaban J connectivity index is 1.99. The molecule has 1 saturated heterocycles. The summed E-state index contributed by atoms with van der Waals surface area (Å²) in [6.45, 7) is 10.6. The third-order valence-electron chi connectivity index (χ3n) is 15.0. The van der Waals surface area contributed by atoms with Crippen LogP contribution in [0.1, 0.15) is 118 Å². The summed E-state index contributed by atoms with van der Waals surface area (Å²) in [5.41, 5.74) is 23.5. The van der Waals surface area contributed by atoms with Gasteiger partial charge in [-0.25, -0.2) is 4.79 Å². The number of para-hydroxylation sites is 1. The van der Waals surface area contributed by atoms with E-state index in [0.717, 1.165) is 6.92 Å². The van der Waals surface area contributed by atoms with Gasteiger partial charge in [-0.05, 0) is 74.8 Å². The summed E-state index contributed by atoms with van der Waals surface area (Å²) < 4.78 is 0. The number of aliphatic hydroxyl groups excluding tert-OH is 2. The van der Waals surface area contributed by atoms with Crippen molar-refractivity contribution in [2.24, 2.45) is 45.7 Å². The number of benzene rings is 1.